The molecular formula is C14H22N2O5. The predicted molar refractivity (Wildman–Crippen MR) is 73.0 cm³/mol. The van der Waals surface area contributed by atoms with E-state index in [4.69, 9.17) is 9.47 Å². The second kappa shape index (κ2) is 5.46. The Morgan fingerprint density at radius 1 is 1.38 bits per heavy atom. The van der Waals surface area contributed by atoms with Crippen LogP contribution in [-0.2, 0) is 14.3 Å². The van der Waals surface area contributed by atoms with Gasteiger partial charge in [0.1, 0.15) is 5.41 Å². The first-order valence-corrected chi connectivity index (χ1v) is 7.52. The number of nitrogens with one attached hydrogen (secondary N) is 1. The van der Waals surface area contributed by atoms with Gasteiger partial charge in [-0.25, -0.2) is 4.79 Å². The van der Waals surface area contributed by atoms with Crippen LogP contribution in [0.25, 0.3) is 0 Å². The molecule has 21 heavy (non-hydrogen) atoms. The minimum Gasteiger partial charge on any atom is -0.481 e. The maximum atomic E-state index is 12.5. The van der Waals surface area contributed by atoms with Crippen LogP contribution in [0.15, 0.2) is 0 Å². The predicted octanol–water partition coefficient (Wildman–Crippen LogP) is 0.439. The summed E-state index contributed by atoms with van der Waals surface area (Å²) in [4.78, 5) is 25.7. The van der Waals surface area contributed by atoms with Crippen LogP contribution in [0, 0.1) is 5.41 Å². The van der Waals surface area contributed by atoms with Gasteiger partial charge in [0.15, 0.2) is 0 Å². The van der Waals surface area contributed by atoms with Gasteiger partial charge in [0.05, 0.1) is 38.0 Å². The molecule has 1 aliphatic carbocycles. The lowest BCUT2D eigenvalue weighted by Crippen LogP contribution is -2.59. The zero-order valence-corrected chi connectivity index (χ0v) is 12.2. The Morgan fingerprint density at radius 2 is 2.19 bits per heavy atom. The minimum atomic E-state index is -1.06. The summed E-state index contributed by atoms with van der Waals surface area (Å²) in [6, 6.07) is -0.569. The van der Waals surface area contributed by atoms with Crippen LogP contribution in [-0.4, -0.2) is 66.6 Å². The van der Waals surface area contributed by atoms with Gasteiger partial charge >= 0.3 is 12.0 Å². The number of amides is 2. The highest BCUT2D eigenvalue weighted by Crippen LogP contribution is 2.31. The number of nitrogens with zero attached hydrogens (tertiary/aromatic N) is 1. The Labute approximate surface area is 123 Å². The van der Waals surface area contributed by atoms with E-state index < -0.39 is 17.4 Å². The van der Waals surface area contributed by atoms with Crippen LogP contribution in [0.3, 0.4) is 0 Å². The van der Waals surface area contributed by atoms with Crippen LogP contribution >= 0.6 is 0 Å². The molecule has 7 heteroatoms. The largest absolute Gasteiger partial charge is 0.481 e. The van der Waals surface area contributed by atoms with E-state index in [1.807, 2.05) is 4.90 Å². The van der Waals surface area contributed by atoms with Gasteiger partial charge in [-0.1, -0.05) is 0 Å². The molecule has 4 atom stereocenters. The van der Waals surface area contributed by atoms with Gasteiger partial charge in [-0.15, -0.1) is 0 Å². The first-order chi connectivity index (χ1) is 10.0. The van der Waals surface area contributed by atoms with Crippen LogP contribution in [0.1, 0.15) is 26.2 Å². The van der Waals surface area contributed by atoms with Crippen LogP contribution in [0.4, 0.5) is 4.79 Å². The fourth-order valence-corrected chi connectivity index (χ4v) is 3.49. The summed E-state index contributed by atoms with van der Waals surface area (Å²) in [7, 11) is 0. The van der Waals surface area contributed by atoms with E-state index in [1.165, 1.54) is 0 Å². The third-order valence-corrected chi connectivity index (χ3v) is 4.98. The molecule has 1 saturated carbocycles. The molecule has 4 unspecified atom stereocenters. The van der Waals surface area contributed by atoms with Gasteiger partial charge in [0.2, 0.25) is 0 Å². The molecule has 3 fully saturated rings. The zero-order valence-electron chi connectivity index (χ0n) is 12.2. The van der Waals surface area contributed by atoms with E-state index in [9.17, 15) is 14.7 Å². The smallest absolute Gasteiger partial charge is 0.318 e. The number of carboxylic acid groups (broad SMARTS) is 1. The fourth-order valence-electron chi connectivity index (χ4n) is 3.49. The van der Waals surface area contributed by atoms with E-state index in [0.29, 0.717) is 13.2 Å². The molecule has 7 nitrogen and oxygen atoms in total. The molecule has 2 amide bonds. The summed E-state index contributed by atoms with van der Waals surface area (Å²) in [5.41, 5.74) is -1.06. The van der Waals surface area contributed by atoms with Gasteiger partial charge in [-0.05, 0) is 26.2 Å². The van der Waals surface area contributed by atoms with E-state index in [2.05, 4.69) is 5.32 Å². The molecule has 2 saturated heterocycles. The highest BCUT2D eigenvalue weighted by Gasteiger charge is 2.48. The van der Waals surface area contributed by atoms with Crippen LogP contribution < -0.4 is 5.32 Å². The minimum absolute atomic E-state index is 0.122. The van der Waals surface area contributed by atoms with Crippen molar-refractivity contribution in [3.8, 4) is 0 Å². The number of carbonyl (C=O) groups is 2. The monoisotopic (exact) mass is 298 g/mol. The lowest BCUT2D eigenvalue weighted by molar-refractivity contribution is -0.148. The van der Waals surface area contributed by atoms with Crippen LogP contribution in [0.2, 0.25) is 0 Å². The summed E-state index contributed by atoms with van der Waals surface area (Å²) in [5, 5.41) is 12.2. The third-order valence-electron chi connectivity index (χ3n) is 4.98. The summed E-state index contributed by atoms with van der Waals surface area (Å²) in [6.07, 6.45) is 3.15. The van der Waals surface area contributed by atoms with Crippen molar-refractivity contribution >= 4 is 12.0 Å². The van der Waals surface area contributed by atoms with E-state index in [1.54, 1.807) is 6.92 Å². The number of hydrogen-bond acceptors (Lipinski definition) is 4. The number of carbonyl (C=O) groups excluding carboxylic acids is 1. The fraction of sp³-hybridized carbons (Fsp3) is 0.857. The molecule has 0 bridgehead atoms. The molecule has 2 aliphatic heterocycles. The van der Waals surface area contributed by atoms with Crippen molar-refractivity contribution in [3.63, 3.8) is 0 Å². The lowest BCUT2D eigenvalue weighted by Gasteiger charge is -2.39. The van der Waals surface area contributed by atoms with Gasteiger partial charge in [-0.3, -0.25) is 4.79 Å². The third kappa shape index (κ3) is 2.48. The van der Waals surface area contributed by atoms with Crippen molar-refractivity contribution in [1.82, 2.24) is 10.2 Å². The van der Waals surface area contributed by atoms with Gasteiger partial charge in [0.25, 0.3) is 0 Å². The molecule has 0 aromatic heterocycles. The normalized spacial score (nSPS) is 39.1. The second-order valence-corrected chi connectivity index (χ2v) is 6.34. The highest BCUT2D eigenvalue weighted by atomic mass is 16.5. The van der Waals surface area contributed by atoms with Crippen molar-refractivity contribution in [1.29, 1.82) is 0 Å². The Hall–Kier alpha value is -1.34. The standard InChI is InChI=1S/C14H22N2O5/c1-14(12(17)18)8-20-7-11(14)15-13(19)16-5-6-21-10-4-2-3-9(10)16/h9-11H,2-8H2,1H3,(H,15,19)(H,17,18). The topological polar surface area (TPSA) is 88.1 Å². The number of rotatable bonds is 2. The second-order valence-electron chi connectivity index (χ2n) is 6.34. The van der Waals surface area contributed by atoms with Crippen molar-refractivity contribution < 1.29 is 24.2 Å². The zero-order chi connectivity index (χ0) is 15.0. The lowest BCUT2D eigenvalue weighted by atomic mass is 9.85. The maximum Gasteiger partial charge on any atom is 0.318 e. The van der Waals surface area contributed by atoms with E-state index >= 15 is 0 Å². The Kier molecular flexibility index (Phi) is 3.79. The SMILES string of the molecule is CC1(C(=O)O)COCC1NC(=O)N1CCOC2CCCC21. The van der Waals surface area contributed by atoms with Crippen LogP contribution in [0.5, 0.6) is 0 Å². The Balaban J connectivity index is 1.67. The molecular weight excluding hydrogens is 276 g/mol. The number of aliphatic carboxylic acids is 1. The molecule has 2 N–H and O–H groups in total. The van der Waals surface area contributed by atoms with Gasteiger partial charge in [-0.2, -0.15) is 0 Å². The Bertz CT molecular complexity index is 443. The highest BCUT2D eigenvalue weighted by molar-refractivity contribution is 5.79. The molecule has 0 aromatic carbocycles. The number of morpholine rings is 1. The average Bonchev–Trinajstić information content (AvgIpc) is 3.06. The summed E-state index contributed by atoms with van der Waals surface area (Å²) < 4.78 is 11.0. The molecule has 3 aliphatic rings. The first-order valence-electron chi connectivity index (χ1n) is 7.52. The van der Waals surface area contributed by atoms with Crippen molar-refractivity contribution in [2.45, 2.75) is 44.4 Å². The average molecular weight is 298 g/mol. The van der Waals surface area contributed by atoms with Crippen molar-refractivity contribution in [2.24, 2.45) is 5.41 Å². The number of ether oxygens (including phenoxy) is 2. The maximum absolute atomic E-state index is 12.5. The molecule has 0 spiro atoms. The molecule has 118 valence electrons. The number of fused-ring (bicyclic) bond motifs is 1. The number of urea groups is 1. The Morgan fingerprint density at radius 3 is 2.95 bits per heavy atom. The van der Waals surface area contributed by atoms with Crippen molar-refractivity contribution in [3.05, 3.63) is 0 Å². The quantitative estimate of drug-likeness (QED) is 0.772. The van der Waals surface area contributed by atoms with E-state index in [-0.39, 0.29) is 31.4 Å². The number of carboxylic acids is 1. The van der Waals surface area contributed by atoms with Gasteiger partial charge in [0, 0.05) is 6.54 Å². The molecule has 0 aromatic rings. The molecule has 0 radical (unpaired) electrons. The molecule has 2 heterocycles. The van der Waals surface area contributed by atoms with Gasteiger partial charge < -0.3 is 24.8 Å². The summed E-state index contributed by atoms with van der Waals surface area (Å²) in [5.74, 6) is -0.939. The first kappa shape index (κ1) is 14.6. The van der Waals surface area contributed by atoms with E-state index in [0.717, 1.165) is 19.3 Å². The summed E-state index contributed by atoms with van der Waals surface area (Å²) >= 11 is 0. The number of hydrogen-bond donors (Lipinski definition) is 2. The summed E-state index contributed by atoms with van der Waals surface area (Å²) in [6.45, 7) is 3.09. The molecule has 3 rings (SSSR count). The van der Waals surface area contributed by atoms with Crippen molar-refractivity contribution in [2.75, 3.05) is 26.4 Å².